The fourth-order valence-corrected chi connectivity index (χ4v) is 0.652. The quantitative estimate of drug-likeness (QED) is 0.350. The van der Waals surface area contributed by atoms with Crippen LogP contribution in [0.3, 0.4) is 0 Å². The highest BCUT2D eigenvalue weighted by Gasteiger charge is 2.60. The van der Waals surface area contributed by atoms with Crippen LogP contribution in [0.2, 0.25) is 0 Å². The Hall–Kier alpha value is -0.740. The zero-order valence-electron chi connectivity index (χ0n) is 7.90. The van der Waals surface area contributed by atoms with Gasteiger partial charge in [0.1, 0.15) is 0 Å². The van der Waals surface area contributed by atoms with E-state index in [4.69, 9.17) is 23.1 Å². The van der Waals surface area contributed by atoms with Gasteiger partial charge in [-0.25, -0.2) is 4.79 Å². The lowest BCUT2D eigenvalue weighted by atomic mass is 10.3. The second kappa shape index (κ2) is 4.86. The average molecular weight is 289 g/mol. The lowest BCUT2D eigenvalue weighted by Crippen LogP contribution is -2.54. The summed E-state index contributed by atoms with van der Waals surface area (Å²) in [6.45, 7) is -0.893. The van der Waals surface area contributed by atoms with Crippen molar-refractivity contribution in [2.45, 2.75) is 23.5 Å². The van der Waals surface area contributed by atoms with Crippen molar-refractivity contribution in [3.05, 3.63) is 0 Å². The topological polar surface area (TPSA) is 78.3 Å². The molecule has 4 nitrogen and oxygen atoms in total. The lowest BCUT2D eigenvalue weighted by Gasteiger charge is -2.26. The van der Waals surface area contributed by atoms with Crippen molar-refractivity contribution >= 4 is 17.6 Å². The summed E-state index contributed by atoms with van der Waals surface area (Å²) in [5, 5.41) is 0. The van der Waals surface area contributed by atoms with Crippen molar-refractivity contribution in [1.82, 2.24) is 0 Å². The first kappa shape index (κ1) is 16.3. The molecular formula is C6H7ClF6N2O2. The minimum absolute atomic E-state index is 0.893. The summed E-state index contributed by atoms with van der Waals surface area (Å²) in [5.74, 6) is -2.11. The Labute approximate surface area is 95.8 Å². The van der Waals surface area contributed by atoms with Gasteiger partial charge in [0.15, 0.2) is 0 Å². The van der Waals surface area contributed by atoms with Crippen LogP contribution in [-0.2, 0) is 9.53 Å². The van der Waals surface area contributed by atoms with Gasteiger partial charge in [-0.3, -0.25) is 0 Å². The Morgan fingerprint density at radius 3 is 1.76 bits per heavy atom. The van der Waals surface area contributed by atoms with Crippen LogP contribution in [0.5, 0.6) is 0 Å². The molecule has 11 heteroatoms. The van der Waals surface area contributed by atoms with E-state index in [1.807, 2.05) is 0 Å². The monoisotopic (exact) mass is 288 g/mol. The molecule has 0 aromatic heterocycles. The van der Waals surface area contributed by atoms with Crippen molar-refractivity contribution in [3.63, 3.8) is 0 Å². The molecule has 0 aliphatic heterocycles. The molecule has 4 N–H and O–H groups in total. The number of rotatable bonds is 3. The molecule has 0 saturated heterocycles. The summed E-state index contributed by atoms with van der Waals surface area (Å²) in [6.07, 6.45) is -15.9. The average Bonchev–Trinajstić information content (AvgIpc) is 2.09. The van der Waals surface area contributed by atoms with E-state index in [0.717, 1.165) is 0 Å². The third kappa shape index (κ3) is 4.56. The van der Waals surface area contributed by atoms with E-state index in [0.29, 0.717) is 0 Å². The van der Waals surface area contributed by atoms with Crippen LogP contribution < -0.4 is 11.5 Å². The molecule has 0 bridgehead atoms. The van der Waals surface area contributed by atoms with E-state index in [1.165, 1.54) is 0 Å². The maximum atomic E-state index is 12.0. The summed E-state index contributed by atoms with van der Waals surface area (Å²) in [5.41, 5.74) is 9.61. The van der Waals surface area contributed by atoms with Gasteiger partial charge in [-0.15, -0.1) is 0 Å². The molecule has 0 aromatic rings. The molecule has 102 valence electrons. The smallest absolute Gasteiger partial charge is 0.434 e. The molecule has 1 unspecified atom stereocenters. The molecule has 0 saturated carbocycles. The SMILES string of the molecule is NCC(N)(Cl)C(=O)OC(C(F)(F)F)C(F)(F)F. The second-order valence-corrected chi connectivity index (χ2v) is 3.61. The van der Waals surface area contributed by atoms with Crippen LogP contribution in [0, 0.1) is 0 Å². The van der Waals surface area contributed by atoms with Crippen molar-refractivity contribution in [1.29, 1.82) is 0 Å². The number of nitrogens with two attached hydrogens (primary N) is 2. The first-order chi connectivity index (χ1) is 7.32. The molecule has 0 rings (SSSR count). The molecule has 0 aliphatic rings. The molecule has 0 radical (unpaired) electrons. The van der Waals surface area contributed by atoms with E-state index >= 15 is 0 Å². The highest BCUT2D eigenvalue weighted by molar-refractivity contribution is 6.33. The van der Waals surface area contributed by atoms with E-state index in [2.05, 4.69) is 4.74 Å². The molecule has 0 spiro atoms. The largest absolute Gasteiger partial charge is 0.440 e. The van der Waals surface area contributed by atoms with Gasteiger partial charge in [-0.1, -0.05) is 11.6 Å². The Balaban J connectivity index is 4.99. The maximum absolute atomic E-state index is 12.0. The normalized spacial score (nSPS) is 16.8. The van der Waals surface area contributed by atoms with Gasteiger partial charge in [0.05, 0.1) is 0 Å². The van der Waals surface area contributed by atoms with Crippen LogP contribution in [0.15, 0.2) is 0 Å². The van der Waals surface area contributed by atoms with Crippen LogP contribution in [0.1, 0.15) is 0 Å². The summed E-state index contributed by atoms with van der Waals surface area (Å²) >= 11 is 5.06. The van der Waals surface area contributed by atoms with Crippen molar-refractivity contribution < 1.29 is 35.9 Å². The number of ether oxygens (including phenoxy) is 1. The summed E-state index contributed by atoms with van der Waals surface area (Å²) < 4.78 is 74.9. The summed E-state index contributed by atoms with van der Waals surface area (Å²) in [7, 11) is 0. The molecular weight excluding hydrogens is 282 g/mol. The zero-order valence-corrected chi connectivity index (χ0v) is 8.66. The highest BCUT2D eigenvalue weighted by Crippen LogP contribution is 2.36. The number of hydrogen-bond donors (Lipinski definition) is 2. The number of halogens is 7. The molecule has 0 aromatic carbocycles. The standard InChI is InChI=1S/C6H7ClF6N2O2/c7-4(15,1-14)3(16)17-2(5(8,9)10)6(11,12)13/h2H,1,14-15H2. The molecule has 1 atom stereocenters. The van der Waals surface area contributed by atoms with Crippen LogP contribution in [0.25, 0.3) is 0 Å². The number of carbonyl (C=O) groups is 1. The summed E-state index contributed by atoms with van der Waals surface area (Å²) in [4.78, 5) is 8.20. The minimum atomic E-state index is -5.82. The highest BCUT2D eigenvalue weighted by atomic mass is 35.5. The minimum Gasteiger partial charge on any atom is -0.440 e. The van der Waals surface area contributed by atoms with E-state index in [9.17, 15) is 31.1 Å². The van der Waals surface area contributed by atoms with Crippen molar-refractivity contribution in [2.24, 2.45) is 11.5 Å². The van der Waals surface area contributed by atoms with Gasteiger partial charge >= 0.3 is 18.3 Å². The molecule has 17 heavy (non-hydrogen) atoms. The number of alkyl halides is 7. The van der Waals surface area contributed by atoms with E-state index in [-0.39, 0.29) is 0 Å². The summed E-state index contributed by atoms with van der Waals surface area (Å²) in [6, 6.07) is 0. The first-order valence-electron chi connectivity index (χ1n) is 3.84. The molecule has 0 heterocycles. The van der Waals surface area contributed by atoms with Gasteiger partial charge in [0.2, 0.25) is 5.00 Å². The Bertz CT molecular complexity index is 275. The van der Waals surface area contributed by atoms with Crippen molar-refractivity contribution in [2.75, 3.05) is 6.54 Å². The van der Waals surface area contributed by atoms with Gasteiger partial charge in [0, 0.05) is 6.54 Å². The number of carbonyl (C=O) groups excluding carboxylic acids is 1. The third-order valence-electron chi connectivity index (χ3n) is 1.46. The van der Waals surface area contributed by atoms with Gasteiger partial charge in [-0.05, 0) is 0 Å². The van der Waals surface area contributed by atoms with Crippen LogP contribution in [-0.4, -0.2) is 36.0 Å². The fourth-order valence-electron chi connectivity index (χ4n) is 0.608. The molecule has 0 amide bonds. The number of hydrogen-bond acceptors (Lipinski definition) is 4. The van der Waals surface area contributed by atoms with Gasteiger partial charge < -0.3 is 16.2 Å². The lowest BCUT2D eigenvalue weighted by molar-refractivity contribution is -0.314. The maximum Gasteiger partial charge on any atom is 0.434 e. The van der Waals surface area contributed by atoms with Gasteiger partial charge in [0.25, 0.3) is 6.10 Å². The Kier molecular flexibility index (Phi) is 4.65. The molecule has 0 aliphatic carbocycles. The fraction of sp³-hybridized carbons (Fsp3) is 0.833. The first-order valence-corrected chi connectivity index (χ1v) is 4.22. The number of esters is 1. The Morgan fingerprint density at radius 2 is 1.53 bits per heavy atom. The van der Waals surface area contributed by atoms with Crippen molar-refractivity contribution in [3.8, 4) is 0 Å². The molecule has 0 fully saturated rings. The predicted octanol–water partition coefficient (Wildman–Crippen LogP) is 0.875. The van der Waals surface area contributed by atoms with Gasteiger partial charge in [-0.2, -0.15) is 26.3 Å². The van der Waals surface area contributed by atoms with Crippen LogP contribution >= 0.6 is 11.6 Å². The Morgan fingerprint density at radius 1 is 1.18 bits per heavy atom. The predicted molar refractivity (Wildman–Crippen MR) is 43.8 cm³/mol. The second-order valence-electron chi connectivity index (χ2n) is 2.94. The third-order valence-corrected chi connectivity index (χ3v) is 1.76. The zero-order chi connectivity index (χ0) is 14.1. The van der Waals surface area contributed by atoms with E-state index in [1.54, 1.807) is 0 Å². The van der Waals surface area contributed by atoms with Crippen LogP contribution in [0.4, 0.5) is 26.3 Å². The van der Waals surface area contributed by atoms with E-state index < -0.39 is 36.0 Å².